The molecule has 252 valence electrons. The fourth-order valence-electron chi connectivity index (χ4n) is 11.3. The molecule has 5 rings (SSSR count). The highest BCUT2D eigenvalue weighted by Gasteiger charge is 2.68. The zero-order valence-electron chi connectivity index (χ0n) is 28.4. The van der Waals surface area contributed by atoms with Crippen molar-refractivity contribution in [2.24, 2.45) is 56.0 Å². The van der Waals surface area contributed by atoms with Crippen LogP contribution in [0, 0.1) is 50.2 Å². The third-order valence-electron chi connectivity index (χ3n) is 14.5. The second-order valence-corrected chi connectivity index (χ2v) is 17.2. The molecule has 10 atom stereocenters. The lowest BCUT2D eigenvalue weighted by atomic mass is 9.33. The van der Waals surface area contributed by atoms with E-state index in [9.17, 15) is 24.9 Å². The lowest BCUT2D eigenvalue weighted by Crippen LogP contribution is -2.66. The predicted molar refractivity (Wildman–Crippen MR) is 169 cm³/mol. The Labute approximate surface area is 265 Å². The first kappa shape index (κ1) is 35.4. The normalized spacial score (nSPS) is 44.7. The molecule has 10 unspecified atom stereocenters. The van der Waals surface area contributed by atoms with Gasteiger partial charge in [0.15, 0.2) is 6.04 Å². The summed E-state index contributed by atoms with van der Waals surface area (Å²) in [6, 6.07) is -0.466. The summed E-state index contributed by atoms with van der Waals surface area (Å²) in [6.45, 7) is 14.8. The quantitative estimate of drug-likeness (QED) is 0.214. The van der Waals surface area contributed by atoms with Crippen molar-refractivity contribution in [3.8, 4) is 0 Å². The van der Waals surface area contributed by atoms with E-state index in [0.29, 0.717) is 24.8 Å². The number of hydrogen-bond donors (Lipinski definition) is 5. The molecular formula is C36H62N2O6. The summed E-state index contributed by atoms with van der Waals surface area (Å²) in [7, 11) is 0. The zero-order valence-corrected chi connectivity index (χ0v) is 28.4. The van der Waals surface area contributed by atoms with Crippen molar-refractivity contribution in [2.75, 3.05) is 13.2 Å². The van der Waals surface area contributed by atoms with Gasteiger partial charge in [0.25, 0.3) is 0 Å². The van der Waals surface area contributed by atoms with Gasteiger partial charge in [0.2, 0.25) is 0 Å². The van der Waals surface area contributed by atoms with Gasteiger partial charge in [0, 0.05) is 23.2 Å². The molecule has 4 saturated carbocycles. The highest BCUT2D eigenvalue weighted by Crippen LogP contribution is 2.75. The first-order chi connectivity index (χ1) is 20.4. The molecule has 44 heavy (non-hydrogen) atoms. The lowest BCUT2D eigenvalue weighted by Gasteiger charge is -2.71. The molecule has 0 aromatic rings. The molecule has 0 aliphatic heterocycles. The van der Waals surface area contributed by atoms with E-state index in [1.165, 1.54) is 5.57 Å². The number of nitrogens with two attached hydrogens (primary N) is 1. The maximum atomic E-state index is 12.7. The highest BCUT2D eigenvalue weighted by molar-refractivity contribution is 5.74. The largest absolute Gasteiger partial charge is 0.550 e. The summed E-state index contributed by atoms with van der Waals surface area (Å²) in [5, 5.41) is 42.3. The Balaban J connectivity index is 0.000000382. The highest BCUT2D eigenvalue weighted by atomic mass is 16.4. The van der Waals surface area contributed by atoms with Crippen LogP contribution in [0.2, 0.25) is 0 Å². The minimum absolute atomic E-state index is 0.00733. The van der Waals surface area contributed by atoms with Crippen molar-refractivity contribution in [2.45, 2.75) is 137 Å². The number of rotatable bonds is 7. The molecule has 8 heteroatoms. The second-order valence-electron chi connectivity index (χ2n) is 17.2. The number of aliphatic hydroxyl groups is 2. The van der Waals surface area contributed by atoms with Crippen molar-refractivity contribution in [1.82, 2.24) is 0 Å². The average molecular weight is 619 g/mol. The van der Waals surface area contributed by atoms with E-state index in [4.69, 9.17) is 10.8 Å². The van der Waals surface area contributed by atoms with Crippen LogP contribution in [0.15, 0.2) is 11.6 Å². The second kappa shape index (κ2) is 12.3. The third kappa shape index (κ3) is 5.47. The summed E-state index contributed by atoms with van der Waals surface area (Å²) in [5.41, 5.74) is 9.30. The Morgan fingerprint density at radius 2 is 1.66 bits per heavy atom. The molecule has 0 saturated heterocycles. The third-order valence-corrected chi connectivity index (χ3v) is 14.5. The van der Waals surface area contributed by atoms with E-state index in [-0.39, 0.29) is 34.2 Å². The number of unbranched alkanes of at least 4 members (excludes halogenated alkanes) is 1. The molecule has 0 spiro atoms. The van der Waals surface area contributed by atoms with E-state index >= 15 is 0 Å². The fraction of sp³-hybridized carbons (Fsp3) is 0.889. The Bertz CT molecular complexity index is 1120. The van der Waals surface area contributed by atoms with Gasteiger partial charge in [-0.2, -0.15) is 0 Å². The summed E-state index contributed by atoms with van der Waals surface area (Å²) < 4.78 is 0. The van der Waals surface area contributed by atoms with Crippen LogP contribution in [-0.4, -0.2) is 52.6 Å². The van der Waals surface area contributed by atoms with Gasteiger partial charge in [-0.3, -0.25) is 0 Å². The lowest BCUT2D eigenvalue weighted by molar-refractivity contribution is -0.409. The van der Waals surface area contributed by atoms with Crippen LogP contribution in [0.4, 0.5) is 0 Å². The van der Waals surface area contributed by atoms with Crippen molar-refractivity contribution < 1.29 is 35.7 Å². The van der Waals surface area contributed by atoms with Gasteiger partial charge in [-0.05, 0) is 123 Å². The van der Waals surface area contributed by atoms with Gasteiger partial charge in [-0.1, -0.05) is 53.2 Å². The van der Waals surface area contributed by atoms with Crippen LogP contribution in [0.25, 0.3) is 0 Å². The number of allylic oxidation sites excluding steroid dienone is 2. The van der Waals surface area contributed by atoms with E-state index < -0.39 is 34.9 Å². The molecule has 5 aliphatic carbocycles. The van der Waals surface area contributed by atoms with Crippen LogP contribution in [0.1, 0.15) is 125 Å². The number of quaternary nitrogens is 1. The molecule has 0 bridgehead atoms. The molecular weight excluding hydrogens is 556 g/mol. The first-order valence-corrected chi connectivity index (χ1v) is 17.4. The van der Waals surface area contributed by atoms with Crippen LogP contribution < -0.4 is 16.6 Å². The molecule has 0 aromatic carbocycles. The predicted octanol–water partition coefficient (Wildman–Crippen LogP) is 3.68. The molecule has 8 nitrogen and oxygen atoms in total. The molecule has 0 amide bonds. The molecule has 4 fully saturated rings. The maximum absolute atomic E-state index is 12.7. The van der Waals surface area contributed by atoms with Gasteiger partial charge >= 0.3 is 5.97 Å². The van der Waals surface area contributed by atoms with Crippen molar-refractivity contribution in [1.29, 1.82) is 0 Å². The van der Waals surface area contributed by atoms with E-state index in [1.54, 1.807) is 0 Å². The number of fused-ring (bicyclic) bond motifs is 7. The summed E-state index contributed by atoms with van der Waals surface area (Å²) in [5.74, 6) is -0.766. The fourth-order valence-corrected chi connectivity index (χ4v) is 11.3. The van der Waals surface area contributed by atoms with Gasteiger partial charge < -0.3 is 36.7 Å². The number of aliphatic carboxylic acids is 2. The van der Waals surface area contributed by atoms with Gasteiger partial charge in [-0.15, -0.1) is 0 Å². The van der Waals surface area contributed by atoms with E-state index in [1.807, 2.05) is 0 Å². The number of carboxylic acids is 2. The van der Waals surface area contributed by atoms with E-state index in [0.717, 1.165) is 77.0 Å². The van der Waals surface area contributed by atoms with Gasteiger partial charge in [-0.25, -0.2) is 4.79 Å². The standard InChI is InChI=1S/C30H48O4.C6H14N2O2/c1-25(2)13-15-30(24(33)34)16-14-28(5)19(20(30)17-25)7-8-22-26(3)11-10-23(32)27(4,18-31)21(26)9-12-29(22,28)6;7-4-2-1-3-5(8)6(9)10/h7,20-23,31-32H,8-18H2,1-6H3,(H,33,34);5H,1-4,7-8H2,(H,9,10). The number of carbonyl (C=O) groups excluding carboxylic acids is 1. The van der Waals surface area contributed by atoms with Crippen LogP contribution in [0.3, 0.4) is 0 Å². The topological polar surface area (TPSA) is 172 Å². The molecule has 0 aromatic heterocycles. The minimum Gasteiger partial charge on any atom is -0.550 e. The Kier molecular flexibility index (Phi) is 9.87. The molecule has 0 radical (unpaired) electrons. The van der Waals surface area contributed by atoms with Crippen molar-refractivity contribution in [3.63, 3.8) is 0 Å². The summed E-state index contributed by atoms with van der Waals surface area (Å²) in [4.78, 5) is 22.9. The summed E-state index contributed by atoms with van der Waals surface area (Å²) >= 11 is 0. The first-order valence-electron chi connectivity index (χ1n) is 17.4. The smallest absolute Gasteiger partial charge is 0.362 e. The Morgan fingerprint density at radius 1 is 1.00 bits per heavy atom. The average Bonchev–Trinajstić information content (AvgIpc) is 2.95. The monoisotopic (exact) mass is 618 g/mol. The molecule has 8 N–H and O–H groups in total. The van der Waals surface area contributed by atoms with Crippen molar-refractivity contribution in [3.05, 3.63) is 11.6 Å². The van der Waals surface area contributed by atoms with Crippen LogP contribution in [0.5, 0.6) is 0 Å². The molecule has 5 aliphatic rings. The van der Waals surface area contributed by atoms with Gasteiger partial charge in [0.05, 0.1) is 12.7 Å². The number of aliphatic hydroxyl groups excluding tert-OH is 2. The number of hydrogen-bond acceptors (Lipinski definition) is 6. The zero-order chi connectivity index (χ0) is 32.9. The minimum atomic E-state index is -0.822. The Morgan fingerprint density at radius 3 is 2.25 bits per heavy atom. The van der Waals surface area contributed by atoms with Crippen LogP contribution >= 0.6 is 0 Å². The number of carbonyl (C=O) groups is 2. The van der Waals surface area contributed by atoms with Crippen LogP contribution in [-0.2, 0) is 9.59 Å². The number of carboxylic acid groups (broad SMARTS) is 2. The van der Waals surface area contributed by atoms with E-state index in [2.05, 4.69) is 53.4 Å². The molecule has 0 heterocycles. The SMILES string of the molecule is CC1(C)CCC2(C(=O)[O-])CCC3(C)C(=CCC4C5(C)CCC(O)C(C)(CO)C5CCC43C)C2C1.NCCCCC([NH3+])C(=O)O. The maximum Gasteiger partial charge on any atom is 0.362 e. The van der Waals surface area contributed by atoms with Gasteiger partial charge in [0.1, 0.15) is 0 Å². The Hall–Kier alpha value is -1.48. The summed E-state index contributed by atoms with van der Waals surface area (Å²) in [6.07, 6.45) is 13.6. The van der Waals surface area contributed by atoms with Crippen molar-refractivity contribution >= 4 is 11.9 Å².